The molecule has 0 amide bonds. The minimum atomic E-state index is -3.89. The second kappa shape index (κ2) is 20.1. The number of rotatable bonds is 14. The molecule has 1 saturated heterocycles. The summed E-state index contributed by atoms with van der Waals surface area (Å²) in [5.41, 5.74) is 1.54. The molecule has 1 aliphatic heterocycles. The van der Waals surface area contributed by atoms with Crippen LogP contribution in [0.5, 0.6) is 0 Å². The van der Waals surface area contributed by atoms with E-state index in [2.05, 4.69) is 26.0 Å². The predicted molar refractivity (Wildman–Crippen MR) is 210 cm³/mol. The van der Waals surface area contributed by atoms with Crippen LogP contribution in [0.1, 0.15) is 44.9 Å². The molecule has 0 N–H and O–H groups in total. The van der Waals surface area contributed by atoms with Gasteiger partial charge in [-0.25, -0.2) is 39.6 Å². The minimum absolute atomic E-state index is 0.141. The Morgan fingerprint density at radius 3 is 1.67 bits per heavy atom. The number of piperidine rings is 1. The van der Waals surface area contributed by atoms with Crippen LogP contribution in [0.4, 0.5) is 24.5 Å². The Labute approximate surface area is 338 Å². The molecule has 2 aromatic carbocycles. The van der Waals surface area contributed by atoms with Gasteiger partial charge in [-0.3, -0.25) is 18.6 Å². The van der Waals surface area contributed by atoms with E-state index in [4.69, 9.17) is 23.2 Å². The summed E-state index contributed by atoms with van der Waals surface area (Å²) < 4.78 is 103. The number of carbonyl (C=O) groups is 2. The van der Waals surface area contributed by atoms with Crippen molar-refractivity contribution in [2.24, 2.45) is 0 Å². The molecule has 0 unspecified atom stereocenters. The number of sulfonamides is 2. The van der Waals surface area contributed by atoms with E-state index in [1.165, 1.54) is 75.1 Å². The fourth-order valence-electron chi connectivity index (χ4n) is 5.34. The molecule has 13 nitrogen and oxygen atoms in total. The number of pyridine rings is 2. The van der Waals surface area contributed by atoms with Crippen LogP contribution in [0.15, 0.2) is 85.0 Å². The number of benzene rings is 2. The SMILES string of the molecule is C=CS(=O)(=O)N(Cc1ccc(C(=O)OC)cn1)c1ccc(F)c(Cl)c1.COC(=O)c1ccc(CN(c2ccc(F)c(Cl)c2)S(=O)(=O)CCN2CCC(F)CC2)nc1. The van der Waals surface area contributed by atoms with Crippen molar-refractivity contribution in [3.05, 3.63) is 129 Å². The van der Waals surface area contributed by atoms with Gasteiger partial charge in [0, 0.05) is 37.4 Å². The summed E-state index contributed by atoms with van der Waals surface area (Å²) in [5, 5.41) is 0.352. The maximum atomic E-state index is 13.7. The van der Waals surface area contributed by atoms with E-state index < -0.39 is 49.8 Å². The number of hydrogen-bond donors (Lipinski definition) is 0. The summed E-state index contributed by atoms with van der Waals surface area (Å²) in [6.07, 6.45) is 2.49. The fraction of sp³-hybridized carbons (Fsp3) is 0.297. The van der Waals surface area contributed by atoms with Gasteiger partial charge in [0.25, 0.3) is 10.0 Å². The summed E-state index contributed by atoms with van der Waals surface area (Å²) in [7, 11) is -5.26. The van der Waals surface area contributed by atoms with E-state index in [1.807, 2.05) is 4.90 Å². The quantitative estimate of drug-likeness (QED) is 0.126. The standard InChI is InChI=1S/C21H24ClF2N3O4S.C16H14ClFN2O4S/c1-31-21(28)15-2-3-17(25-13-15)14-27(18-4-5-20(24)19(22)12-18)32(29,30)11-10-26-8-6-16(23)7-9-26;1-3-25(22,23)20(13-6-7-15(18)14(17)8-13)10-12-5-4-11(9-19-12)16(21)24-2/h2-5,12-13,16H,6-11,14H2,1H3;3-9H,1,10H2,2H3. The smallest absolute Gasteiger partial charge is 0.339 e. The highest BCUT2D eigenvalue weighted by molar-refractivity contribution is 7.95. The monoisotopic (exact) mass is 871 g/mol. The van der Waals surface area contributed by atoms with Gasteiger partial charge < -0.3 is 14.4 Å². The predicted octanol–water partition coefficient (Wildman–Crippen LogP) is 6.57. The molecule has 0 saturated carbocycles. The third-order valence-electron chi connectivity index (χ3n) is 8.52. The third-order valence-corrected chi connectivity index (χ3v) is 12.2. The first-order valence-corrected chi connectivity index (χ1v) is 20.8. The maximum absolute atomic E-state index is 13.7. The zero-order valence-corrected chi connectivity index (χ0v) is 33.8. The van der Waals surface area contributed by atoms with Gasteiger partial charge in [0.1, 0.15) is 17.8 Å². The lowest BCUT2D eigenvalue weighted by atomic mass is 10.1. The second-order valence-corrected chi connectivity index (χ2v) is 16.9. The van der Waals surface area contributed by atoms with Crippen molar-refractivity contribution in [1.29, 1.82) is 0 Å². The molecule has 0 bridgehead atoms. The van der Waals surface area contributed by atoms with Crippen LogP contribution < -0.4 is 8.61 Å². The molecule has 5 rings (SSSR count). The normalized spacial score (nSPS) is 13.5. The zero-order chi connectivity index (χ0) is 41.9. The van der Waals surface area contributed by atoms with Crippen LogP contribution in [0.2, 0.25) is 10.0 Å². The molecule has 0 radical (unpaired) electrons. The number of methoxy groups -OCH3 is 2. The number of carbonyl (C=O) groups excluding carboxylic acids is 2. The Balaban J connectivity index is 0.000000261. The second-order valence-electron chi connectivity index (χ2n) is 12.3. The molecule has 57 heavy (non-hydrogen) atoms. The van der Waals surface area contributed by atoms with Gasteiger partial charge in [-0.1, -0.05) is 29.8 Å². The molecule has 0 spiro atoms. The molecule has 1 aliphatic rings. The Morgan fingerprint density at radius 1 is 0.807 bits per heavy atom. The van der Waals surface area contributed by atoms with Gasteiger partial charge >= 0.3 is 11.9 Å². The average molecular weight is 873 g/mol. The summed E-state index contributed by atoms with van der Waals surface area (Å²) in [6, 6.07) is 13.2. The Bertz CT molecular complexity index is 2270. The van der Waals surface area contributed by atoms with Crippen molar-refractivity contribution in [2.75, 3.05) is 48.2 Å². The number of likely N-dealkylation sites (tertiary alicyclic amines) is 1. The number of halogens is 5. The van der Waals surface area contributed by atoms with E-state index in [-0.39, 0.29) is 57.9 Å². The van der Waals surface area contributed by atoms with Crippen molar-refractivity contribution >= 4 is 66.6 Å². The molecule has 1 fully saturated rings. The Kier molecular flexibility index (Phi) is 15.8. The molecule has 4 aromatic rings. The first-order valence-electron chi connectivity index (χ1n) is 17.0. The number of nitrogens with zero attached hydrogens (tertiary/aromatic N) is 5. The first-order chi connectivity index (χ1) is 27.0. The maximum Gasteiger partial charge on any atom is 0.339 e. The minimum Gasteiger partial charge on any atom is -0.465 e. The van der Waals surface area contributed by atoms with Gasteiger partial charge in [0.15, 0.2) is 0 Å². The van der Waals surface area contributed by atoms with Gasteiger partial charge in [-0.2, -0.15) is 0 Å². The molecular weight excluding hydrogens is 834 g/mol. The van der Waals surface area contributed by atoms with Gasteiger partial charge in [-0.05, 0) is 73.5 Å². The average Bonchev–Trinajstić information content (AvgIpc) is 3.21. The molecular formula is C37H38Cl2F3N5O8S2. The number of esters is 2. The van der Waals surface area contributed by atoms with Crippen LogP contribution in [-0.2, 0) is 42.6 Å². The van der Waals surface area contributed by atoms with E-state index in [0.29, 0.717) is 37.3 Å². The van der Waals surface area contributed by atoms with Crippen molar-refractivity contribution in [2.45, 2.75) is 32.1 Å². The van der Waals surface area contributed by atoms with E-state index in [0.717, 1.165) is 26.2 Å². The lowest BCUT2D eigenvalue weighted by Gasteiger charge is -2.30. The first kappa shape index (κ1) is 45.0. The summed E-state index contributed by atoms with van der Waals surface area (Å²) in [6.45, 7) is 4.23. The van der Waals surface area contributed by atoms with Crippen LogP contribution in [-0.4, -0.2) is 89.4 Å². The van der Waals surface area contributed by atoms with Crippen LogP contribution >= 0.6 is 23.2 Å². The van der Waals surface area contributed by atoms with Gasteiger partial charge in [0.05, 0.1) is 77.0 Å². The number of ether oxygens (including phenoxy) is 2. The van der Waals surface area contributed by atoms with E-state index >= 15 is 0 Å². The van der Waals surface area contributed by atoms with Crippen molar-refractivity contribution < 1.29 is 49.1 Å². The molecule has 20 heteroatoms. The topological polar surface area (TPSA) is 156 Å². The van der Waals surface area contributed by atoms with Crippen LogP contribution in [0, 0.1) is 11.6 Å². The Hall–Kier alpha value is -4.75. The van der Waals surface area contributed by atoms with E-state index in [1.54, 1.807) is 0 Å². The summed E-state index contributed by atoms with van der Waals surface area (Å²) >= 11 is 11.6. The molecule has 0 atom stereocenters. The van der Waals surface area contributed by atoms with Crippen molar-refractivity contribution in [3.8, 4) is 0 Å². The summed E-state index contributed by atoms with van der Waals surface area (Å²) in [5.74, 6) is -2.65. The van der Waals surface area contributed by atoms with Crippen LogP contribution in [0.25, 0.3) is 0 Å². The van der Waals surface area contributed by atoms with Gasteiger partial charge in [-0.15, -0.1) is 0 Å². The van der Waals surface area contributed by atoms with Crippen molar-refractivity contribution in [1.82, 2.24) is 14.9 Å². The Morgan fingerprint density at radius 2 is 1.26 bits per heavy atom. The molecule has 2 aromatic heterocycles. The largest absolute Gasteiger partial charge is 0.465 e. The highest BCUT2D eigenvalue weighted by Crippen LogP contribution is 2.28. The summed E-state index contributed by atoms with van der Waals surface area (Å²) in [4.78, 5) is 33.1. The number of anilines is 2. The molecule has 0 aliphatic carbocycles. The van der Waals surface area contributed by atoms with Gasteiger partial charge in [0.2, 0.25) is 10.0 Å². The van der Waals surface area contributed by atoms with Crippen molar-refractivity contribution in [3.63, 3.8) is 0 Å². The third kappa shape index (κ3) is 12.4. The highest BCUT2D eigenvalue weighted by Gasteiger charge is 2.27. The highest BCUT2D eigenvalue weighted by atomic mass is 35.5. The number of hydrogen-bond acceptors (Lipinski definition) is 11. The lowest BCUT2D eigenvalue weighted by molar-refractivity contribution is 0.0591. The zero-order valence-electron chi connectivity index (χ0n) is 30.7. The fourth-order valence-corrected chi connectivity index (χ4v) is 8.06. The molecule has 306 valence electrons. The lowest BCUT2D eigenvalue weighted by Crippen LogP contribution is -2.41. The molecule has 3 heterocycles. The number of alkyl halides is 1. The number of aromatic nitrogens is 2. The van der Waals surface area contributed by atoms with Crippen LogP contribution in [0.3, 0.4) is 0 Å². The van der Waals surface area contributed by atoms with E-state index in [9.17, 15) is 39.6 Å².